The van der Waals surface area contributed by atoms with E-state index >= 15 is 0 Å². The Bertz CT molecular complexity index is 535. The summed E-state index contributed by atoms with van der Waals surface area (Å²) in [4.78, 5) is 14.6. The van der Waals surface area contributed by atoms with Crippen molar-refractivity contribution in [1.82, 2.24) is 10.6 Å². The molecule has 0 aliphatic carbocycles. The summed E-state index contributed by atoms with van der Waals surface area (Å²) in [6.45, 7) is 11.1. The molecule has 0 bridgehead atoms. The third-order valence-corrected chi connectivity index (χ3v) is 2.54. The van der Waals surface area contributed by atoms with Crippen molar-refractivity contribution in [2.24, 2.45) is 4.99 Å². The molecule has 21 heavy (non-hydrogen) atoms. The lowest BCUT2D eigenvalue weighted by Crippen LogP contribution is -2.38. The van der Waals surface area contributed by atoms with Gasteiger partial charge in [-0.15, -0.1) is 6.58 Å². The lowest BCUT2D eigenvalue weighted by atomic mass is 10.2. The van der Waals surface area contributed by atoms with Gasteiger partial charge in [0.25, 0.3) is 5.69 Å². The lowest BCUT2D eigenvalue weighted by molar-refractivity contribution is -0.384. The van der Waals surface area contributed by atoms with E-state index in [0.29, 0.717) is 25.6 Å². The van der Waals surface area contributed by atoms with E-state index in [1.165, 1.54) is 12.1 Å². The van der Waals surface area contributed by atoms with Crippen LogP contribution >= 0.6 is 0 Å². The van der Waals surface area contributed by atoms with Crippen LogP contribution in [0.4, 0.5) is 5.69 Å². The maximum absolute atomic E-state index is 10.6. The minimum absolute atomic E-state index is 0.0770. The second-order valence-electron chi connectivity index (χ2n) is 4.57. The molecule has 112 valence electrons. The van der Waals surface area contributed by atoms with E-state index < -0.39 is 4.92 Å². The topological polar surface area (TPSA) is 79.6 Å². The van der Waals surface area contributed by atoms with Crippen molar-refractivity contribution in [1.29, 1.82) is 0 Å². The number of hydrogen-bond donors (Lipinski definition) is 2. The summed E-state index contributed by atoms with van der Waals surface area (Å²) in [5.74, 6) is 0.649. The highest BCUT2D eigenvalue weighted by molar-refractivity contribution is 5.80. The summed E-state index contributed by atoms with van der Waals surface area (Å²) >= 11 is 0. The quantitative estimate of drug-likeness (QED) is 0.265. The van der Waals surface area contributed by atoms with Crippen LogP contribution in [0.15, 0.2) is 54.1 Å². The minimum atomic E-state index is -0.418. The molecule has 6 nitrogen and oxygen atoms in total. The number of benzene rings is 1. The van der Waals surface area contributed by atoms with E-state index in [2.05, 4.69) is 28.8 Å². The number of rotatable bonds is 7. The van der Waals surface area contributed by atoms with Crippen LogP contribution in [-0.4, -0.2) is 24.0 Å². The molecule has 0 radical (unpaired) electrons. The second-order valence-corrected chi connectivity index (χ2v) is 4.57. The highest BCUT2D eigenvalue weighted by atomic mass is 16.6. The molecule has 6 heteroatoms. The van der Waals surface area contributed by atoms with Gasteiger partial charge in [0.15, 0.2) is 5.96 Å². The third-order valence-electron chi connectivity index (χ3n) is 2.54. The molecule has 1 rings (SSSR count). The molecule has 0 saturated carbocycles. The summed E-state index contributed by atoms with van der Waals surface area (Å²) < 4.78 is 0. The van der Waals surface area contributed by atoms with E-state index in [1.54, 1.807) is 18.2 Å². The van der Waals surface area contributed by atoms with E-state index in [-0.39, 0.29) is 5.69 Å². The molecule has 0 aliphatic rings. The molecule has 0 atom stereocenters. The van der Waals surface area contributed by atoms with Crippen molar-refractivity contribution in [3.05, 3.63) is 64.8 Å². The van der Waals surface area contributed by atoms with Gasteiger partial charge in [-0.1, -0.05) is 30.4 Å². The summed E-state index contributed by atoms with van der Waals surface area (Å²) in [5, 5.41) is 16.8. The van der Waals surface area contributed by atoms with Crippen LogP contribution < -0.4 is 10.6 Å². The number of nitro benzene ring substituents is 1. The van der Waals surface area contributed by atoms with Crippen LogP contribution in [0.1, 0.15) is 12.5 Å². The summed E-state index contributed by atoms with van der Waals surface area (Å²) in [6, 6.07) is 6.35. The van der Waals surface area contributed by atoms with Gasteiger partial charge in [-0.25, -0.2) is 4.99 Å². The fourth-order valence-electron chi connectivity index (χ4n) is 1.47. The highest BCUT2D eigenvalue weighted by Crippen LogP contribution is 2.12. The Morgan fingerprint density at radius 2 is 2.05 bits per heavy atom. The van der Waals surface area contributed by atoms with Gasteiger partial charge in [-0.3, -0.25) is 10.1 Å². The number of nitro groups is 1. The first kappa shape index (κ1) is 16.4. The molecule has 0 fully saturated rings. The zero-order valence-corrected chi connectivity index (χ0v) is 12.1. The number of guanidine groups is 1. The number of nitrogens with zero attached hydrogens (tertiary/aromatic N) is 2. The van der Waals surface area contributed by atoms with Crippen molar-refractivity contribution in [3.8, 4) is 0 Å². The predicted octanol–water partition coefficient (Wildman–Crippen LogP) is 2.39. The zero-order valence-electron chi connectivity index (χ0n) is 12.1. The molecule has 0 heterocycles. The molecule has 0 saturated heterocycles. The Morgan fingerprint density at radius 3 is 2.57 bits per heavy atom. The average molecular weight is 288 g/mol. The summed E-state index contributed by atoms with van der Waals surface area (Å²) in [5.41, 5.74) is 1.97. The first-order valence-electron chi connectivity index (χ1n) is 6.53. The van der Waals surface area contributed by atoms with Gasteiger partial charge in [-0.2, -0.15) is 0 Å². The maximum atomic E-state index is 10.6. The number of nitrogens with one attached hydrogen (secondary N) is 2. The molecule has 0 aromatic heterocycles. The van der Waals surface area contributed by atoms with Gasteiger partial charge in [-0.05, 0) is 12.5 Å². The van der Waals surface area contributed by atoms with Crippen LogP contribution in [0.5, 0.6) is 0 Å². The van der Waals surface area contributed by atoms with Gasteiger partial charge >= 0.3 is 0 Å². The molecule has 2 N–H and O–H groups in total. The molecule has 0 amide bonds. The van der Waals surface area contributed by atoms with Crippen LogP contribution in [-0.2, 0) is 6.54 Å². The maximum Gasteiger partial charge on any atom is 0.269 e. The van der Waals surface area contributed by atoms with E-state index in [0.717, 1.165) is 11.1 Å². The van der Waals surface area contributed by atoms with Gasteiger partial charge in [0.2, 0.25) is 0 Å². The standard InChI is InChI=1S/C15H20N4O2/c1-4-9-16-15(17-10-12(2)3)18-11-13-5-7-14(8-6-13)19(20)21/h4-8H,1-2,9-11H2,3H3,(H2,16,17,18). The van der Waals surface area contributed by atoms with E-state index in [1.807, 2.05) is 6.92 Å². The number of aliphatic imine (C=N–C) groups is 1. The smallest absolute Gasteiger partial charge is 0.269 e. The van der Waals surface area contributed by atoms with Gasteiger partial charge in [0.05, 0.1) is 11.5 Å². The minimum Gasteiger partial charge on any atom is -0.353 e. The second kappa shape index (κ2) is 8.52. The summed E-state index contributed by atoms with van der Waals surface area (Å²) in [7, 11) is 0. The predicted molar refractivity (Wildman–Crippen MR) is 85.3 cm³/mol. The first-order valence-corrected chi connectivity index (χ1v) is 6.53. The van der Waals surface area contributed by atoms with E-state index in [4.69, 9.17) is 0 Å². The molecule has 1 aromatic carbocycles. The fraction of sp³-hybridized carbons (Fsp3) is 0.267. The van der Waals surface area contributed by atoms with Crippen LogP contribution in [0.25, 0.3) is 0 Å². The van der Waals surface area contributed by atoms with Crippen LogP contribution in [0.2, 0.25) is 0 Å². The Morgan fingerprint density at radius 1 is 1.38 bits per heavy atom. The van der Waals surface area contributed by atoms with Crippen molar-refractivity contribution >= 4 is 11.6 Å². The average Bonchev–Trinajstić information content (AvgIpc) is 2.46. The van der Waals surface area contributed by atoms with Gasteiger partial charge in [0.1, 0.15) is 0 Å². The number of non-ortho nitro benzene ring substituents is 1. The zero-order chi connectivity index (χ0) is 15.7. The highest BCUT2D eigenvalue weighted by Gasteiger charge is 2.03. The number of hydrogen-bond acceptors (Lipinski definition) is 3. The fourth-order valence-corrected chi connectivity index (χ4v) is 1.47. The van der Waals surface area contributed by atoms with Crippen LogP contribution in [0, 0.1) is 10.1 Å². The first-order chi connectivity index (χ1) is 10.0. The Labute approximate surface area is 124 Å². The van der Waals surface area contributed by atoms with Gasteiger partial charge < -0.3 is 10.6 Å². The van der Waals surface area contributed by atoms with E-state index in [9.17, 15) is 10.1 Å². The Hall–Kier alpha value is -2.63. The van der Waals surface area contributed by atoms with Gasteiger partial charge in [0, 0.05) is 25.2 Å². The molecule has 0 unspecified atom stereocenters. The third kappa shape index (κ3) is 6.38. The van der Waals surface area contributed by atoms with Crippen molar-refractivity contribution < 1.29 is 4.92 Å². The molecular weight excluding hydrogens is 268 g/mol. The SMILES string of the molecule is C=CCNC(=NCc1ccc([N+](=O)[O-])cc1)NCC(=C)C. The molecule has 1 aromatic rings. The Balaban J connectivity index is 2.68. The lowest BCUT2D eigenvalue weighted by Gasteiger charge is -2.11. The monoisotopic (exact) mass is 288 g/mol. The molecule has 0 aliphatic heterocycles. The van der Waals surface area contributed by atoms with Crippen molar-refractivity contribution in [2.75, 3.05) is 13.1 Å². The Kier molecular flexibility index (Phi) is 6.67. The van der Waals surface area contributed by atoms with Crippen molar-refractivity contribution in [3.63, 3.8) is 0 Å². The van der Waals surface area contributed by atoms with Crippen LogP contribution in [0.3, 0.4) is 0 Å². The normalized spacial score (nSPS) is 10.8. The summed E-state index contributed by atoms with van der Waals surface area (Å²) in [6.07, 6.45) is 1.74. The molecule has 0 spiro atoms. The molecular formula is C15H20N4O2. The van der Waals surface area contributed by atoms with Crippen molar-refractivity contribution in [2.45, 2.75) is 13.5 Å². The largest absolute Gasteiger partial charge is 0.353 e.